The number of hydrogen-bond donors (Lipinski definition) is 0. The molecular weight excluding hydrogens is 559 g/mol. The van der Waals surface area contributed by atoms with Gasteiger partial charge in [-0.1, -0.05) is 73.1 Å². The van der Waals surface area contributed by atoms with Crippen molar-refractivity contribution < 1.29 is 14.0 Å². The predicted molar refractivity (Wildman–Crippen MR) is 162 cm³/mol. The largest absolute Gasteiger partial charge is 0.341 e. The SMILES string of the molecule is CC1CCN(C(=O)CN2C(=O)CS[C@@H](c3ccc(F)cc3)c3c(-c4ccccc4)nn(-c4ccccc4Cl)c32)CC1. The number of fused-ring (bicyclic) bond motifs is 1. The van der Waals surface area contributed by atoms with Gasteiger partial charge in [0.25, 0.3) is 0 Å². The first-order chi connectivity index (χ1) is 19.9. The zero-order chi connectivity index (χ0) is 28.5. The van der Waals surface area contributed by atoms with Crippen LogP contribution in [0.5, 0.6) is 0 Å². The lowest BCUT2D eigenvalue weighted by atomic mass is 9.99. The number of nitrogens with zero attached hydrogens (tertiary/aromatic N) is 4. The van der Waals surface area contributed by atoms with Crippen molar-refractivity contribution in [1.29, 1.82) is 0 Å². The van der Waals surface area contributed by atoms with E-state index in [2.05, 4.69) is 6.92 Å². The highest BCUT2D eigenvalue weighted by Crippen LogP contribution is 2.49. The van der Waals surface area contributed by atoms with Crippen molar-refractivity contribution in [2.45, 2.75) is 25.0 Å². The molecule has 3 aromatic carbocycles. The minimum atomic E-state index is -0.336. The number of anilines is 1. The van der Waals surface area contributed by atoms with Crippen molar-refractivity contribution in [2.24, 2.45) is 5.92 Å². The zero-order valence-corrected chi connectivity index (χ0v) is 24.2. The van der Waals surface area contributed by atoms with Gasteiger partial charge in [-0.3, -0.25) is 14.5 Å². The number of carbonyl (C=O) groups excluding carboxylic acids is 2. The standard InChI is InChI=1S/C32H30ClFN4O2S/c1-21-15-17-36(18-16-21)27(39)19-37-28(40)20-41-31(23-11-13-24(34)14-12-23)29-30(22-7-3-2-4-8-22)35-38(32(29)37)26-10-6-5-9-25(26)33/h2-14,21,31H,15-20H2,1H3/t31-/m0/s1. The van der Waals surface area contributed by atoms with Crippen molar-refractivity contribution in [3.8, 4) is 16.9 Å². The average molecular weight is 589 g/mol. The van der Waals surface area contributed by atoms with Gasteiger partial charge in [0.1, 0.15) is 18.2 Å². The van der Waals surface area contributed by atoms with Gasteiger partial charge in [0.2, 0.25) is 11.8 Å². The van der Waals surface area contributed by atoms with E-state index in [0.29, 0.717) is 41.2 Å². The number of likely N-dealkylation sites (tertiary alicyclic amines) is 1. The molecule has 1 aromatic heterocycles. The number of hydrogen-bond acceptors (Lipinski definition) is 4. The van der Waals surface area contributed by atoms with Crippen LogP contribution in [0.2, 0.25) is 5.02 Å². The minimum absolute atomic E-state index is 0.0883. The van der Waals surface area contributed by atoms with Crippen LogP contribution in [-0.4, -0.2) is 51.9 Å². The summed E-state index contributed by atoms with van der Waals surface area (Å²) in [5.74, 6) is 0.634. The number of thioether (sulfide) groups is 1. The molecule has 6 rings (SSSR count). The van der Waals surface area contributed by atoms with Crippen LogP contribution in [-0.2, 0) is 9.59 Å². The number of para-hydroxylation sites is 1. The summed E-state index contributed by atoms with van der Waals surface area (Å²) in [5.41, 5.74) is 3.79. The Labute approximate surface area is 248 Å². The number of piperidine rings is 1. The maximum atomic E-state index is 14.0. The highest BCUT2D eigenvalue weighted by molar-refractivity contribution is 8.00. The summed E-state index contributed by atoms with van der Waals surface area (Å²) in [6, 6.07) is 23.5. The van der Waals surface area contributed by atoms with Gasteiger partial charge in [-0.15, -0.1) is 11.8 Å². The fourth-order valence-electron chi connectivity index (χ4n) is 5.51. The lowest BCUT2D eigenvalue weighted by Crippen LogP contribution is -2.46. The third kappa shape index (κ3) is 5.51. The van der Waals surface area contributed by atoms with E-state index in [1.165, 1.54) is 23.9 Å². The van der Waals surface area contributed by atoms with Gasteiger partial charge < -0.3 is 4.90 Å². The van der Waals surface area contributed by atoms with E-state index in [1.54, 1.807) is 27.8 Å². The molecule has 210 valence electrons. The lowest BCUT2D eigenvalue weighted by Gasteiger charge is -2.32. The average Bonchev–Trinajstić information content (AvgIpc) is 3.31. The van der Waals surface area contributed by atoms with Crippen LogP contribution in [0.25, 0.3) is 16.9 Å². The molecule has 0 bridgehead atoms. The van der Waals surface area contributed by atoms with Gasteiger partial charge in [-0.2, -0.15) is 5.10 Å². The smallest absolute Gasteiger partial charge is 0.242 e. The Balaban J connectivity index is 1.57. The van der Waals surface area contributed by atoms with Gasteiger partial charge in [0.15, 0.2) is 0 Å². The number of benzene rings is 3. The third-order valence-corrected chi connectivity index (χ3v) is 9.39. The molecule has 1 fully saturated rings. The summed E-state index contributed by atoms with van der Waals surface area (Å²) in [6.07, 6.45) is 1.90. The Morgan fingerprint density at radius 1 is 1.00 bits per heavy atom. The molecule has 6 nitrogen and oxygen atoms in total. The summed E-state index contributed by atoms with van der Waals surface area (Å²) in [6.45, 7) is 3.47. The van der Waals surface area contributed by atoms with Crippen molar-refractivity contribution in [2.75, 3.05) is 30.3 Å². The fraction of sp³-hybridized carbons (Fsp3) is 0.281. The van der Waals surface area contributed by atoms with Crippen LogP contribution < -0.4 is 4.90 Å². The molecule has 0 radical (unpaired) electrons. The molecule has 2 amide bonds. The number of rotatable bonds is 5. The first-order valence-electron chi connectivity index (χ1n) is 13.8. The highest BCUT2D eigenvalue weighted by atomic mass is 35.5. The molecular formula is C32H30ClFN4O2S. The van der Waals surface area contributed by atoms with E-state index >= 15 is 0 Å². The van der Waals surface area contributed by atoms with E-state index < -0.39 is 0 Å². The first kappa shape index (κ1) is 27.5. The van der Waals surface area contributed by atoms with E-state index in [9.17, 15) is 14.0 Å². The van der Waals surface area contributed by atoms with E-state index in [1.807, 2.05) is 53.4 Å². The van der Waals surface area contributed by atoms with Crippen molar-refractivity contribution in [3.63, 3.8) is 0 Å². The Morgan fingerprint density at radius 2 is 1.68 bits per heavy atom. The number of halogens is 2. The summed E-state index contributed by atoms with van der Waals surface area (Å²) in [4.78, 5) is 31.0. The van der Waals surface area contributed by atoms with Crippen LogP contribution in [0.4, 0.5) is 10.2 Å². The Morgan fingerprint density at radius 3 is 2.39 bits per heavy atom. The fourth-order valence-corrected chi connectivity index (χ4v) is 6.93. The van der Waals surface area contributed by atoms with E-state index in [-0.39, 0.29) is 35.2 Å². The quantitative estimate of drug-likeness (QED) is 0.258. The second-order valence-electron chi connectivity index (χ2n) is 10.6. The topological polar surface area (TPSA) is 58.4 Å². The predicted octanol–water partition coefficient (Wildman–Crippen LogP) is 6.76. The molecule has 2 aliphatic heterocycles. The maximum Gasteiger partial charge on any atom is 0.242 e. The monoisotopic (exact) mass is 588 g/mol. The maximum absolute atomic E-state index is 14.0. The minimum Gasteiger partial charge on any atom is -0.341 e. The summed E-state index contributed by atoms with van der Waals surface area (Å²) < 4.78 is 15.7. The van der Waals surface area contributed by atoms with Crippen molar-refractivity contribution >= 4 is 41.0 Å². The molecule has 1 atom stereocenters. The van der Waals surface area contributed by atoms with Gasteiger partial charge in [-0.25, -0.2) is 9.07 Å². The van der Waals surface area contributed by atoms with Crippen LogP contribution in [0.3, 0.4) is 0 Å². The third-order valence-electron chi connectivity index (χ3n) is 7.82. The second-order valence-corrected chi connectivity index (χ2v) is 12.1. The normalized spacial score (nSPS) is 17.8. The van der Waals surface area contributed by atoms with Crippen LogP contribution in [0, 0.1) is 11.7 Å². The Hall–Kier alpha value is -3.62. The second kappa shape index (κ2) is 11.7. The molecule has 0 N–H and O–H groups in total. The lowest BCUT2D eigenvalue weighted by molar-refractivity contribution is -0.132. The molecule has 4 aromatic rings. The van der Waals surface area contributed by atoms with E-state index in [4.69, 9.17) is 16.7 Å². The van der Waals surface area contributed by atoms with Crippen LogP contribution in [0.1, 0.15) is 36.1 Å². The molecule has 0 aliphatic carbocycles. The zero-order valence-electron chi connectivity index (χ0n) is 22.7. The van der Waals surface area contributed by atoms with Crippen LogP contribution in [0.15, 0.2) is 78.9 Å². The summed E-state index contributed by atoms with van der Waals surface area (Å²) >= 11 is 8.16. The van der Waals surface area contributed by atoms with E-state index in [0.717, 1.165) is 29.5 Å². The Kier molecular flexibility index (Phi) is 7.86. The highest BCUT2D eigenvalue weighted by Gasteiger charge is 2.38. The summed E-state index contributed by atoms with van der Waals surface area (Å²) in [7, 11) is 0. The molecule has 41 heavy (non-hydrogen) atoms. The molecule has 0 saturated carbocycles. The molecule has 1 saturated heterocycles. The summed E-state index contributed by atoms with van der Waals surface area (Å²) in [5, 5.41) is 5.20. The molecule has 9 heteroatoms. The molecule has 2 aliphatic rings. The number of aromatic nitrogens is 2. The van der Waals surface area contributed by atoms with Gasteiger partial charge in [-0.05, 0) is 48.6 Å². The molecule has 3 heterocycles. The van der Waals surface area contributed by atoms with Gasteiger partial charge >= 0.3 is 0 Å². The number of amides is 2. The number of carbonyl (C=O) groups is 2. The first-order valence-corrected chi connectivity index (χ1v) is 15.2. The van der Waals surface area contributed by atoms with Gasteiger partial charge in [0.05, 0.1) is 27.4 Å². The van der Waals surface area contributed by atoms with Crippen molar-refractivity contribution in [1.82, 2.24) is 14.7 Å². The Bertz CT molecular complexity index is 1570. The molecule has 0 spiro atoms. The van der Waals surface area contributed by atoms with Gasteiger partial charge in [0, 0.05) is 24.2 Å². The van der Waals surface area contributed by atoms with Crippen LogP contribution >= 0.6 is 23.4 Å². The van der Waals surface area contributed by atoms with Crippen molar-refractivity contribution in [3.05, 3.63) is 101 Å². The molecule has 0 unspecified atom stereocenters.